The van der Waals surface area contributed by atoms with Gasteiger partial charge in [0, 0.05) is 32.7 Å². The van der Waals surface area contributed by atoms with Gasteiger partial charge in [0.25, 0.3) is 5.91 Å². The van der Waals surface area contributed by atoms with Crippen molar-refractivity contribution in [2.24, 2.45) is 0 Å². The van der Waals surface area contributed by atoms with Crippen molar-refractivity contribution in [3.05, 3.63) is 48.0 Å². The smallest absolute Gasteiger partial charge is 0.251 e. The van der Waals surface area contributed by atoms with Crippen LogP contribution in [0.5, 0.6) is 17.2 Å². The number of hydrogen-bond donors (Lipinski definition) is 0. The molecule has 0 unspecified atom stereocenters. The van der Waals surface area contributed by atoms with Gasteiger partial charge in [0.1, 0.15) is 5.75 Å². The standard InChI is InChI=1S/C28H35N3O5/c1-2-3-4-5-16-34-23-9-7-22(8-10-23)31-27(32)18-24(28(31)33)30-14-12-29(13-15-30)19-21-6-11-25-26(17-21)36-20-35-25/h6-11,17,24H,2-5,12-16,18-20H2,1H3/t24-/m0/s1. The molecule has 0 aliphatic carbocycles. The summed E-state index contributed by atoms with van der Waals surface area (Å²) >= 11 is 0. The first-order valence-corrected chi connectivity index (χ1v) is 13.1. The first-order valence-electron chi connectivity index (χ1n) is 13.1. The molecule has 0 saturated carbocycles. The van der Waals surface area contributed by atoms with Crippen LogP contribution in [0.15, 0.2) is 42.5 Å². The topological polar surface area (TPSA) is 71.6 Å². The molecule has 0 aromatic heterocycles. The molecular formula is C28H35N3O5. The summed E-state index contributed by atoms with van der Waals surface area (Å²) in [6, 6.07) is 13.0. The van der Waals surface area contributed by atoms with E-state index in [0.717, 1.165) is 56.4 Å². The molecule has 192 valence electrons. The summed E-state index contributed by atoms with van der Waals surface area (Å²) < 4.78 is 16.7. The number of carbonyl (C=O) groups is 2. The maximum atomic E-state index is 13.2. The van der Waals surface area contributed by atoms with Gasteiger partial charge in [-0.2, -0.15) is 0 Å². The Morgan fingerprint density at radius 3 is 2.47 bits per heavy atom. The highest BCUT2D eigenvalue weighted by Gasteiger charge is 2.43. The number of imide groups is 1. The normalized spacial score (nSPS) is 20.4. The van der Waals surface area contributed by atoms with E-state index in [-0.39, 0.29) is 31.1 Å². The van der Waals surface area contributed by atoms with Crippen molar-refractivity contribution in [2.45, 2.75) is 51.6 Å². The zero-order valence-corrected chi connectivity index (χ0v) is 21.0. The zero-order chi connectivity index (χ0) is 24.9. The first kappa shape index (κ1) is 24.6. The maximum absolute atomic E-state index is 13.2. The molecule has 0 radical (unpaired) electrons. The molecule has 36 heavy (non-hydrogen) atoms. The fraction of sp³-hybridized carbons (Fsp3) is 0.500. The van der Waals surface area contributed by atoms with Crippen molar-refractivity contribution in [3.63, 3.8) is 0 Å². The van der Waals surface area contributed by atoms with Crippen LogP contribution in [0.1, 0.15) is 44.6 Å². The number of hydrogen-bond acceptors (Lipinski definition) is 7. The Morgan fingerprint density at radius 1 is 0.917 bits per heavy atom. The van der Waals surface area contributed by atoms with Gasteiger partial charge in [-0.15, -0.1) is 0 Å². The zero-order valence-electron chi connectivity index (χ0n) is 21.0. The summed E-state index contributed by atoms with van der Waals surface area (Å²) in [4.78, 5) is 31.9. The van der Waals surface area contributed by atoms with Crippen molar-refractivity contribution in [2.75, 3.05) is 44.5 Å². The number of piperazine rings is 1. The molecule has 8 heteroatoms. The van der Waals surface area contributed by atoms with Gasteiger partial charge in [0.05, 0.1) is 24.8 Å². The predicted octanol–water partition coefficient (Wildman–Crippen LogP) is 3.82. The molecule has 3 heterocycles. The number of fused-ring (bicyclic) bond motifs is 1. The van der Waals surface area contributed by atoms with Crippen molar-refractivity contribution in [1.82, 2.24) is 9.80 Å². The summed E-state index contributed by atoms with van der Waals surface area (Å²) in [5.41, 5.74) is 1.80. The van der Waals surface area contributed by atoms with Crippen LogP contribution in [0.2, 0.25) is 0 Å². The molecule has 2 saturated heterocycles. The number of anilines is 1. The largest absolute Gasteiger partial charge is 0.494 e. The van der Waals surface area contributed by atoms with Gasteiger partial charge in [-0.25, -0.2) is 4.90 Å². The Kier molecular flexibility index (Phi) is 7.72. The highest BCUT2D eigenvalue weighted by atomic mass is 16.7. The van der Waals surface area contributed by atoms with Crippen LogP contribution in [0, 0.1) is 0 Å². The summed E-state index contributed by atoms with van der Waals surface area (Å²) in [5, 5.41) is 0. The molecule has 2 fully saturated rings. The molecule has 0 spiro atoms. The Bertz CT molecular complexity index is 1070. The summed E-state index contributed by atoms with van der Waals surface area (Å²) in [7, 11) is 0. The first-order chi connectivity index (χ1) is 17.6. The van der Waals surface area contributed by atoms with Crippen LogP contribution in [0.4, 0.5) is 5.69 Å². The number of nitrogens with zero attached hydrogens (tertiary/aromatic N) is 3. The van der Waals surface area contributed by atoms with Crippen molar-refractivity contribution < 1.29 is 23.8 Å². The number of ether oxygens (including phenoxy) is 3. The SMILES string of the molecule is CCCCCCOc1ccc(N2C(=O)C[C@H](N3CCN(Cc4ccc5c(c4)OCO5)CC3)C2=O)cc1. The summed E-state index contributed by atoms with van der Waals surface area (Å²) in [6.07, 6.45) is 4.85. The molecule has 2 aromatic carbocycles. The minimum absolute atomic E-state index is 0.127. The summed E-state index contributed by atoms with van der Waals surface area (Å²) in [6.45, 7) is 7.17. The quantitative estimate of drug-likeness (QED) is 0.368. The molecule has 3 aliphatic heterocycles. The lowest BCUT2D eigenvalue weighted by atomic mass is 10.1. The summed E-state index contributed by atoms with van der Waals surface area (Å²) in [5.74, 6) is 2.10. The Hall–Kier alpha value is -3.10. The van der Waals surface area contributed by atoms with E-state index in [2.05, 4.69) is 22.8 Å². The number of amides is 2. The number of carbonyl (C=O) groups excluding carboxylic acids is 2. The molecule has 5 rings (SSSR count). The van der Waals surface area contributed by atoms with E-state index in [0.29, 0.717) is 12.3 Å². The average molecular weight is 494 g/mol. The van der Waals surface area contributed by atoms with Crippen molar-refractivity contribution in [3.8, 4) is 17.2 Å². The Morgan fingerprint density at radius 2 is 1.69 bits per heavy atom. The van der Waals surface area contributed by atoms with Gasteiger partial charge in [-0.05, 0) is 48.4 Å². The van der Waals surface area contributed by atoms with Gasteiger partial charge in [-0.3, -0.25) is 19.4 Å². The van der Waals surface area contributed by atoms with Crippen LogP contribution in [0.25, 0.3) is 0 Å². The van der Waals surface area contributed by atoms with Crippen molar-refractivity contribution in [1.29, 1.82) is 0 Å². The fourth-order valence-electron chi connectivity index (χ4n) is 5.11. The molecular weight excluding hydrogens is 458 g/mol. The molecule has 2 amide bonds. The van der Waals surface area contributed by atoms with E-state index >= 15 is 0 Å². The highest BCUT2D eigenvalue weighted by Crippen LogP contribution is 2.33. The van der Waals surface area contributed by atoms with Gasteiger partial charge in [0.2, 0.25) is 12.7 Å². The van der Waals surface area contributed by atoms with E-state index < -0.39 is 0 Å². The van der Waals surface area contributed by atoms with E-state index in [1.54, 1.807) is 0 Å². The van der Waals surface area contributed by atoms with Crippen LogP contribution in [0.3, 0.4) is 0 Å². The maximum Gasteiger partial charge on any atom is 0.251 e. The van der Waals surface area contributed by atoms with Crippen molar-refractivity contribution >= 4 is 17.5 Å². The van der Waals surface area contributed by atoms with E-state index in [4.69, 9.17) is 14.2 Å². The molecule has 1 atom stereocenters. The molecule has 0 bridgehead atoms. The molecule has 3 aliphatic rings. The number of rotatable bonds is 10. The molecule has 0 N–H and O–H groups in total. The van der Waals surface area contributed by atoms with E-state index in [9.17, 15) is 9.59 Å². The lowest BCUT2D eigenvalue weighted by Gasteiger charge is -2.37. The number of unbranched alkanes of at least 4 members (excludes halogenated alkanes) is 3. The minimum Gasteiger partial charge on any atom is -0.494 e. The monoisotopic (exact) mass is 493 g/mol. The van der Waals surface area contributed by atoms with E-state index in [1.807, 2.05) is 36.4 Å². The second-order valence-corrected chi connectivity index (χ2v) is 9.69. The lowest BCUT2D eigenvalue weighted by molar-refractivity contribution is -0.123. The van der Waals surface area contributed by atoms with Gasteiger partial charge < -0.3 is 14.2 Å². The minimum atomic E-state index is -0.389. The highest BCUT2D eigenvalue weighted by molar-refractivity contribution is 6.22. The van der Waals surface area contributed by atoms with Crippen LogP contribution >= 0.6 is 0 Å². The average Bonchev–Trinajstić information content (AvgIpc) is 3.48. The second-order valence-electron chi connectivity index (χ2n) is 9.69. The van der Waals surface area contributed by atoms with Crippen LogP contribution in [-0.4, -0.2) is 67.2 Å². The Labute approximate surface area is 212 Å². The number of benzene rings is 2. The van der Waals surface area contributed by atoms with Crippen LogP contribution < -0.4 is 19.1 Å². The lowest BCUT2D eigenvalue weighted by Crippen LogP contribution is -2.52. The van der Waals surface area contributed by atoms with E-state index in [1.165, 1.54) is 29.7 Å². The van der Waals surface area contributed by atoms with Gasteiger partial charge in [0.15, 0.2) is 11.5 Å². The van der Waals surface area contributed by atoms with Gasteiger partial charge in [-0.1, -0.05) is 32.3 Å². The molecule has 8 nitrogen and oxygen atoms in total. The molecule has 2 aromatic rings. The second kappa shape index (κ2) is 11.3. The fourth-order valence-corrected chi connectivity index (χ4v) is 5.11. The Balaban J connectivity index is 1.12. The third-order valence-electron chi connectivity index (χ3n) is 7.18. The predicted molar refractivity (Wildman–Crippen MR) is 136 cm³/mol. The third-order valence-corrected chi connectivity index (χ3v) is 7.18. The third kappa shape index (κ3) is 5.50. The van der Waals surface area contributed by atoms with Gasteiger partial charge >= 0.3 is 0 Å². The van der Waals surface area contributed by atoms with Crippen LogP contribution in [-0.2, 0) is 16.1 Å².